The number of hydrogen-bond donors (Lipinski definition) is 1. The quantitative estimate of drug-likeness (QED) is 0.828. The van der Waals surface area contributed by atoms with Crippen molar-refractivity contribution >= 4 is 33.5 Å². The van der Waals surface area contributed by atoms with Crippen LogP contribution in [0.2, 0.25) is 0 Å². The van der Waals surface area contributed by atoms with Gasteiger partial charge < -0.3 is 5.32 Å². The molecule has 0 radical (unpaired) electrons. The average molecular weight is 247 g/mol. The van der Waals surface area contributed by atoms with Crippen LogP contribution in [-0.4, -0.2) is 23.5 Å². The fourth-order valence-electron chi connectivity index (χ4n) is 0.762. The van der Waals surface area contributed by atoms with Gasteiger partial charge in [-0.25, -0.2) is 4.98 Å². The Labute approximate surface area is 85.3 Å². The van der Waals surface area contributed by atoms with Crippen molar-refractivity contribution in [3.05, 3.63) is 22.8 Å². The molecule has 0 unspecified atom stereocenters. The lowest BCUT2D eigenvalue weighted by molar-refractivity contribution is 1.17. The zero-order chi connectivity index (χ0) is 8.81. The van der Waals surface area contributed by atoms with Crippen molar-refractivity contribution in [2.24, 2.45) is 0 Å². The summed E-state index contributed by atoms with van der Waals surface area (Å²) in [6, 6.07) is 3.94. The van der Waals surface area contributed by atoms with Crippen molar-refractivity contribution in [3.8, 4) is 0 Å². The van der Waals surface area contributed by atoms with E-state index < -0.39 is 0 Å². The summed E-state index contributed by atoms with van der Waals surface area (Å²) in [7, 11) is 0. The first-order chi connectivity index (χ1) is 5.83. The number of nitrogens with zero attached hydrogens (tertiary/aromatic N) is 1. The Morgan fingerprint density at radius 2 is 2.42 bits per heavy atom. The molecular formula is C8H11BrN2S. The molecule has 0 saturated carbocycles. The van der Waals surface area contributed by atoms with Gasteiger partial charge >= 0.3 is 0 Å². The predicted octanol–water partition coefficient (Wildman–Crippen LogP) is 2.62. The highest BCUT2D eigenvalue weighted by molar-refractivity contribution is 9.10. The summed E-state index contributed by atoms with van der Waals surface area (Å²) in [5.74, 6) is 2.05. The second-order valence-electron chi connectivity index (χ2n) is 2.28. The molecule has 1 N–H and O–H groups in total. The fraction of sp³-hybridized carbons (Fsp3) is 0.375. The summed E-state index contributed by atoms with van der Waals surface area (Å²) in [5.41, 5.74) is 0. The second kappa shape index (κ2) is 5.43. The number of thioether (sulfide) groups is 1. The lowest BCUT2D eigenvalue weighted by Crippen LogP contribution is -2.04. The van der Waals surface area contributed by atoms with Crippen molar-refractivity contribution in [1.29, 1.82) is 0 Å². The summed E-state index contributed by atoms with van der Waals surface area (Å²) < 4.78 is 1.01. The maximum absolute atomic E-state index is 4.18. The van der Waals surface area contributed by atoms with Gasteiger partial charge in [0.1, 0.15) is 5.82 Å². The van der Waals surface area contributed by atoms with Gasteiger partial charge in [0.2, 0.25) is 0 Å². The number of halogens is 1. The predicted molar refractivity (Wildman–Crippen MR) is 58.8 cm³/mol. The van der Waals surface area contributed by atoms with Crippen molar-refractivity contribution in [1.82, 2.24) is 4.98 Å². The molecule has 0 aliphatic carbocycles. The van der Waals surface area contributed by atoms with Gasteiger partial charge in [0.15, 0.2) is 0 Å². The standard InChI is InChI=1S/C8H11BrN2S/c1-12-5-4-10-8-3-2-7(9)6-11-8/h2-3,6H,4-5H2,1H3,(H,10,11). The Kier molecular flexibility index (Phi) is 4.46. The van der Waals surface area contributed by atoms with Crippen LogP contribution in [0.5, 0.6) is 0 Å². The van der Waals surface area contributed by atoms with Crippen molar-refractivity contribution < 1.29 is 0 Å². The van der Waals surface area contributed by atoms with E-state index in [0.717, 1.165) is 22.6 Å². The highest BCUT2D eigenvalue weighted by Crippen LogP contribution is 2.10. The first-order valence-electron chi connectivity index (χ1n) is 3.67. The molecule has 1 rings (SSSR count). The van der Waals surface area contributed by atoms with Crippen LogP contribution in [-0.2, 0) is 0 Å². The molecule has 2 nitrogen and oxygen atoms in total. The summed E-state index contributed by atoms with van der Waals surface area (Å²) >= 11 is 5.16. The van der Waals surface area contributed by atoms with Gasteiger partial charge in [-0.15, -0.1) is 0 Å². The maximum atomic E-state index is 4.18. The van der Waals surface area contributed by atoms with Crippen LogP contribution in [0.3, 0.4) is 0 Å². The minimum absolute atomic E-state index is 0.937. The molecule has 0 fully saturated rings. The second-order valence-corrected chi connectivity index (χ2v) is 4.18. The highest BCUT2D eigenvalue weighted by Gasteiger charge is 1.91. The lowest BCUT2D eigenvalue weighted by atomic mass is 10.4. The largest absolute Gasteiger partial charge is 0.369 e. The van der Waals surface area contributed by atoms with Crippen molar-refractivity contribution in [2.45, 2.75) is 0 Å². The zero-order valence-electron chi connectivity index (χ0n) is 6.88. The van der Waals surface area contributed by atoms with E-state index in [1.807, 2.05) is 23.9 Å². The molecule has 1 aromatic heterocycles. The van der Waals surface area contributed by atoms with E-state index in [0.29, 0.717) is 0 Å². The third-order valence-electron chi connectivity index (χ3n) is 1.34. The van der Waals surface area contributed by atoms with Crippen molar-refractivity contribution in [3.63, 3.8) is 0 Å². The number of rotatable bonds is 4. The van der Waals surface area contributed by atoms with E-state index in [2.05, 4.69) is 32.5 Å². The molecule has 0 aliphatic heterocycles. The molecule has 1 heterocycles. The third-order valence-corrected chi connectivity index (χ3v) is 2.42. The van der Waals surface area contributed by atoms with Gasteiger partial charge in [-0.1, -0.05) is 0 Å². The number of aromatic nitrogens is 1. The van der Waals surface area contributed by atoms with Crippen LogP contribution in [0, 0.1) is 0 Å². The molecule has 1 aromatic rings. The zero-order valence-corrected chi connectivity index (χ0v) is 9.28. The Morgan fingerprint density at radius 1 is 1.58 bits per heavy atom. The van der Waals surface area contributed by atoms with Crippen LogP contribution in [0.15, 0.2) is 22.8 Å². The van der Waals surface area contributed by atoms with E-state index in [4.69, 9.17) is 0 Å². The van der Waals surface area contributed by atoms with Gasteiger partial charge in [-0.3, -0.25) is 0 Å². The van der Waals surface area contributed by atoms with E-state index in [1.54, 1.807) is 6.20 Å². The SMILES string of the molecule is CSCCNc1ccc(Br)cn1. The summed E-state index contributed by atoms with van der Waals surface area (Å²) in [6.07, 6.45) is 3.89. The first-order valence-corrected chi connectivity index (χ1v) is 5.86. The first kappa shape index (κ1) is 9.86. The number of nitrogens with one attached hydrogen (secondary N) is 1. The van der Waals surface area contributed by atoms with E-state index in [-0.39, 0.29) is 0 Å². The minimum atomic E-state index is 0.937. The number of hydrogen-bond acceptors (Lipinski definition) is 3. The Balaban J connectivity index is 2.37. The van der Waals surface area contributed by atoms with Crippen LogP contribution in [0.1, 0.15) is 0 Å². The van der Waals surface area contributed by atoms with Gasteiger partial charge in [0, 0.05) is 23.0 Å². The molecule has 0 aliphatic rings. The maximum Gasteiger partial charge on any atom is 0.125 e. The normalized spacial score (nSPS) is 9.83. The topological polar surface area (TPSA) is 24.9 Å². The van der Waals surface area contributed by atoms with E-state index in [1.165, 1.54) is 0 Å². The molecule has 0 aromatic carbocycles. The monoisotopic (exact) mass is 246 g/mol. The molecular weight excluding hydrogens is 236 g/mol. The van der Waals surface area contributed by atoms with Crippen LogP contribution in [0.4, 0.5) is 5.82 Å². The van der Waals surface area contributed by atoms with E-state index >= 15 is 0 Å². The van der Waals surface area contributed by atoms with Gasteiger partial charge in [0.25, 0.3) is 0 Å². The van der Waals surface area contributed by atoms with Crippen molar-refractivity contribution in [2.75, 3.05) is 23.9 Å². The van der Waals surface area contributed by atoms with Gasteiger partial charge in [0.05, 0.1) is 0 Å². The molecule has 0 saturated heterocycles. The number of anilines is 1. The molecule has 0 amide bonds. The summed E-state index contributed by atoms with van der Waals surface area (Å²) in [4.78, 5) is 4.18. The minimum Gasteiger partial charge on any atom is -0.369 e. The van der Waals surface area contributed by atoms with Gasteiger partial charge in [-0.05, 0) is 34.3 Å². The van der Waals surface area contributed by atoms with Crippen LogP contribution in [0.25, 0.3) is 0 Å². The molecule has 0 bridgehead atoms. The smallest absolute Gasteiger partial charge is 0.125 e. The highest BCUT2D eigenvalue weighted by atomic mass is 79.9. The molecule has 0 spiro atoms. The summed E-state index contributed by atoms with van der Waals surface area (Å²) in [6.45, 7) is 0.968. The Bertz CT molecular complexity index is 225. The third kappa shape index (κ3) is 3.45. The van der Waals surface area contributed by atoms with Gasteiger partial charge in [-0.2, -0.15) is 11.8 Å². The molecule has 12 heavy (non-hydrogen) atoms. The van der Waals surface area contributed by atoms with E-state index in [9.17, 15) is 0 Å². The lowest BCUT2D eigenvalue weighted by Gasteiger charge is -2.02. The molecule has 66 valence electrons. The molecule has 0 atom stereocenters. The summed E-state index contributed by atoms with van der Waals surface area (Å²) in [5, 5.41) is 3.22. The average Bonchev–Trinajstić information content (AvgIpc) is 2.09. The van der Waals surface area contributed by atoms with Crippen LogP contribution < -0.4 is 5.32 Å². The Hall–Kier alpha value is -0.220. The molecule has 4 heteroatoms. The fourth-order valence-corrected chi connectivity index (χ4v) is 1.30. The Morgan fingerprint density at radius 3 is 3.00 bits per heavy atom. The number of pyridine rings is 1. The van der Waals surface area contributed by atoms with Crippen LogP contribution >= 0.6 is 27.7 Å².